The Balaban J connectivity index is 1.32. The number of aromatic amines is 1. The van der Waals surface area contributed by atoms with E-state index in [1.165, 1.54) is 54.1 Å². The van der Waals surface area contributed by atoms with Crippen LogP contribution in [0, 0.1) is 18.8 Å². The van der Waals surface area contributed by atoms with Gasteiger partial charge < -0.3 is 9.88 Å². The number of aromatic nitrogens is 1. The summed E-state index contributed by atoms with van der Waals surface area (Å²) in [7, 11) is 0. The second kappa shape index (κ2) is 5.37. The highest BCUT2D eigenvalue weighted by molar-refractivity contribution is 5.87. The van der Waals surface area contributed by atoms with Crippen LogP contribution in [0.3, 0.4) is 0 Å². The molecular weight excluding hydrogens is 296 g/mol. The first-order valence-electron chi connectivity index (χ1n) is 9.56. The maximum Gasteiger partial charge on any atom is 0.223 e. The fraction of sp³-hybridized carbons (Fsp3) is 0.571. The third-order valence-electron chi connectivity index (χ3n) is 6.77. The number of H-pyrrole nitrogens is 1. The predicted molar refractivity (Wildman–Crippen MR) is 95.8 cm³/mol. The number of benzene rings is 1. The first-order chi connectivity index (χ1) is 11.7. The molecule has 3 heteroatoms. The molecule has 0 unspecified atom stereocenters. The van der Waals surface area contributed by atoms with Crippen molar-refractivity contribution in [2.75, 3.05) is 0 Å². The SMILES string of the molecule is Cc1cccc2[nH]cc(CCC(=O)N3C4CC5CC(C4)CC3C5)c12. The fourth-order valence-electron chi connectivity index (χ4n) is 5.96. The molecule has 4 fully saturated rings. The van der Waals surface area contributed by atoms with Gasteiger partial charge in [0.05, 0.1) is 0 Å². The van der Waals surface area contributed by atoms with E-state index in [-0.39, 0.29) is 0 Å². The minimum absolute atomic E-state index is 0.395. The van der Waals surface area contributed by atoms with Crippen LogP contribution in [0.15, 0.2) is 24.4 Å². The van der Waals surface area contributed by atoms with E-state index in [1.54, 1.807) is 0 Å². The molecule has 2 saturated carbocycles. The summed E-state index contributed by atoms with van der Waals surface area (Å²) in [4.78, 5) is 18.6. The van der Waals surface area contributed by atoms with E-state index >= 15 is 0 Å². The Bertz CT molecular complexity index is 762. The number of nitrogens with one attached hydrogen (secondary N) is 1. The summed E-state index contributed by atoms with van der Waals surface area (Å²) in [5, 5.41) is 1.31. The van der Waals surface area contributed by atoms with Crippen LogP contribution in [-0.4, -0.2) is 27.9 Å². The van der Waals surface area contributed by atoms with Gasteiger partial charge in [-0.25, -0.2) is 0 Å². The molecule has 1 amide bonds. The number of carbonyl (C=O) groups is 1. The minimum Gasteiger partial charge on any atom is -0.361 e. The molecule has 0 spiro atoms. The Hall–Kier alpha value is -1.77. The number of nitrogens with zero attached hydrogens (tertiary/aromatic N) is 1. The summed E-state index contributed by atoms with van der Waals surface area (Å²) in [5.41, 5.74) is 3.78. The molecule has 126 valence electrons. The molecule has 6 rings (SSSR count). The Morgan fingerprint density at radius 2 is 1.83 bits per heavy atom. The van der Waals surface area contributed by atoms with Gasteiger partial charge in [-0.15, -0.1) is 0 Å². The van der Waals surface area contributed by atoms with E-state index in [0.717, 1.165) is 18.3 Å². The van der Waals surface area contributed by atoms with Crippen molar-refractivity contribution in [1.82, 2.24) is 9.88 Å². The number of hydrogen-bond donors (Lipinski definition) is 1. The maximum atomic E-state index is 13.0. The number of hydrogen-bond acceptors (Lipinski definition) is 1. The number of rotatable bonds is 3. The molecule has 3 heterocycles. The molecule has 0 radical (unpaired) electrons. The number of carbonyl (C=O) groups excluding carboxylic acids is 1. The second-order valence-electron chi connectivity index (χ2n) is 8.33. The molecule has 1 N–H and O–H groups in total. The lowest BCUT2D eigenvalue weighted by molar-refractivity contribution is -0.149. The lowest BCUT2D eigenvalue weighted by Gasteiger charge is -2.56. The average molecular weight is 322 g/mol. The molecule has 4 aliphatic rings. The summed E-state index contributed by atoms with van der Waals surface area (Å²) in [5.74, 6) is 2.22. The summed E-state index contributed by atoms with van der Waals surface area (Å²) >= 11 is 0. The molecule has 1 aromatic heterocycles. The van der Waals surface area contributed by atoms with Gasteiger partial charge >= 0.3 is 0 Å². The molecular formula is C21H26N2O. The van der Waals surface area contributed by atoms with Gasteiger partial charge in [-0.2, -0.15) is 0 Å². The Morgan fingerprint density at radius 1 is 1.12 bits per heavy atom. The molecule has 2 aliphatic carbocycles. The van der Waals surface area contributed by atoms with E-state index in [0.29, 0.717) is 24.4 Å². The molecule has 2 saturated heterocycles. The van der Waals surface area contributed by atoms with Gasteiger partial charge in [0.2, 0.25) is 5.91 Å². The van der Waals surface area contributed by atoms with Crippen LogP contribution in [0.4, 0.5) is 0 Å². The molecule has 4 bridgehead atoms. The Kier molecular flexibility index (Phi) is 3.26. The number of piperidine rings is 2. The van der Waals surface area contributed by atoms with Gasteiger partial charge in [0, 0.05) is 35.6 Å². The quantitative estimate of drug-likeness (QED) is 0.903. The second-order valence-corrected chi connectivity index (χ2v) is 8.33. The normalized spacial score (nSPS) is 31.1. The van der Waals surface area contributed by atoms with Gasteiger partial charge in [0.1, 0.15) is 0 Å². The lowest BCUT2D eigenvalue weighted by atomic mass is 9.63. The first-order valence-corrected chi connectivity index (χ1v) is 9.56. The van der Waals surface area contributed by atoms with Gasteiger partial charge in [-0.1, -0.05) is 12.1 Å². The van der Waals surface area contributed by atoms with Gasteiger partial charge in [0.15, 0.2) is 0 Å². The van der Waals surface area contributed by atoms with E-state index in [4.69, 9.17) is 0 Å². The highest BCUT2D eigenvalue weighted by Crippen LogP contribution is 2.49. The number of aryl methyl sites for hydroxylation is 2. The van der Waals surface area contributed by atoms with Gasteiger partial charge in [0.25, 0.3) is 0 Å². The summed E-state index contributed by atoms with van der Waals surface area (Å²) in [6.07, 6.45) is 10.1. The molecule has 2 aliphatic heterocycles. The van der Waals surface area contributed by atoms with Crippen molar-refractivity contribution in [3.8, 4) is 0 Å². The van der Waals surface area contributed by atoms with Crippen molar-refractivity contribution < 1.29 is 4.79 Å². The van der Waals surface area contributed by atoms with Crippen LogP contribution in [0.25, 0.3) is 10.9 Å². The molecule has 3 nitrogen and oxygen atoms in total. The van der Waals surface area contributed by atoms with Crippen LogP contribution < -0.4 is 0 Å². The van der Waals surface area contributed by atoms with Crippen molar-refractivity contribution in [2.24, 2.45) is 11.8 Å². The zero-order chi connectivity index (χ0) is 16.3. The molecule has 24 heavy (non-hydrogen) atoms. The Morgan fingerprint density at radius 3 is 2.54 bits per heavy atom. The summed E-state index contributed by atoms with van der Waals surface area (Å²) < 4.78 is 0. The highest BCUT2D eigenvalue weighted by atomic mass is 16.2. The van der Waals surface area contributed by atoms with Gasteiger partial charge in [-0.3, -0.25) is 4.79 Å². The Labute approximate surface area is 143 Å². The zero-order valence-electron chi connectivity index (χ0n) is 14.4. The monoisotopic (exact) mass is 322 g/mol. The average Bonchev–Trinajstić information content (AvgIpc) is 2.96. The predicted octanol–water partition coefficient (Wildman–Crippen LogP) is 4.20. The zero-order valence-corrected chi connectivity index (χ0v) is 14.4. The maximum absolute atomic E-state index is 13.0. The van der Waals surface area contributed by atoms with Crippen LogP contribution in [-0.2, 0) is 11.2 Å². The first kappa shape index (κ1) is 14.6. The number of amides is 1. The summed E-state index contributed by atoms with van der Waals surface area (Å²) in [6.45, 7) is 2.16. The molecule has 2 aromatic rings. The smallest absolute Gasteiger partial charge is 0.223 e. The summed E-state index contributed by atoms with van der Waals surface area (Å²) in [6, 6.07) is 7.47. The molecule has 1 aromatic carbocycles. The van der Waals surface area contributed by atoms with E-state index in [9.17, 15) is 4.79 Å². The van der Waals surface area contributed by atoms with Crippen molar-refractivity contribution >= 4 is 16.8 Å². The van der Waals surface area contributed by atoms with E-state index in [2.05, 4.69) is 41.2 Å². The van der Waals surface area contributed by atoms with Crippen LogP contribution >= 0.6 is 0 Å². The third kappa shape index (κ3) is 2.21. The van der Waals surface area contributed by atoms with Gasteiger partial charge in [-0.05, 0) is 74.5 Å². The highest BCUT2D eigenvalue weighted by Gasteiger charge is 2.48. The third-order valence-corrected chi connectivity index (χ3v) is 6.77. The topological polar surface area (TPSA) is 36.1 Å². The van der Waals surface area contributed by atoms with Crippen molar-refractivity contribution in [3.63, 3.8) is 0 Å². The van der Waals surface area contributed by atoms with Crippen molar-refractivity contribution in [1.29, 1.82) is 0 Å². The number of fused-ring (bicyclic) bond motifs is 1. The molecule has 0 atom stereocenters. The van der Waals surface area contributed by atoms with Crippen molar-refractivity contribution in [3.05, 3.63) is 35.5 Å². The minimum atomic E-state index is 0.395. The van der Waals surface area contributed by atoms with E-state index < -0.39 is 0 Å². The van der Waals surface area contributed by atoms with Crippen LogP contribution in [0.5, 0.6) is 0 Å². The van der Waals surface area contributed by atoms with Crippen LogP contribution in [0.1, 0.15) is 49.7 Å². The fourth-order valence-corrected chi connectivity index (χ4v) is 5.96. The van der Waals surface area contributed by atoms with E-state index in [1.807, 2.05) is 0 Å². The van der Waals surface area contributed by atoms with Crippen LogP contribution in [0.2, 0.25) is 0 Å². The standard InChI is InChI=1S/C21H26N2O/c1-13-3-2-4-19-21(13)16(12-22-19)5-6-20(24)23-17-8-14-7-15(10-17)11-18(23)9-14/h2-4,12,14-15,17-18,22H,5-11H2,1H3. The largest absolute Gasteiger partial charge is 0.361 e. The lowest BCUT2D eigenvalue weighted by Crippen LogP contribution is -2.59. The van der Waals surface area contributed by atoms with Crippen molar-refractivity contribution in [2.45, 2.75) is 64.0 Å².